The fourth-order valence-corrected chi connectivity index (χ4v) is 2.00. The minimum atomic E-state index is 1.20. The van der Waals surface area contributed by atoms with Crippen LogP contribution >= 0.6 is 0 Å². The largest absolute Gasteiger partial charge is 0.0502 e. The van der Waals surface area contributed by atoms with Crippen LogP contribution in [0.2, 0.25) is 0 Å². The lowest BCUT2D eigenvalue weighted by Crippen LogP contribution is -1.88. The predicted octanol–water partition coefficient (Wildman–Crippen LogP) is 2.05. The van der Waals surface area contributed by atoms with E-state index in [1.54, 1.807) is 25.7 Å². The van der Waals surface area contributed by atoms with Crippen molar-refractivity contribution in [3.05, 3.63) is 0 Å². The second-order valence-electron chi connectivity index (χ2n) is 3.91. The van der Waals surface area contributed by atoms with Crippen molar-refractivity contribution >= 4 is 0 Å². The average Bonchev–Trinajstić information content (AvgIpc) is 2.53. The first-order valence-electron chi connectivity index (χ1n) is 3.95. The third-order valence-corrected chi connectivity index (χ3v) is 3.15. The van der Waals surface area contributed by atoms with Crippen molar-refractivity contribution in [3.8, 4) is 0 Å². The smallest absolute Gasteiger partial charge is 0.0349 e. The zero-order valence-corrected chi connectivity index (χ0v) is 5.14. The molecule has 0 bridgehead atoms. The molecule has 44 valence electrons. The van der Waals surface area contributed by atoms with Crippen LogP contribution in [-0.2, 0) is 0 Å². The summed E-state index contributed by atoms with van der Waals surface area (Å²) in [5.74, 6) is 4.97. The lowest BCUT2D eigenvalue weighted by molar-refractivity contribution is 0.525. The molecular formula is C8H12. The van der Waals surface area contributed by atoms with Crippen molar-refractivity contribution in [1.29, 1.82) is 0 Å². The lowest BCUT2D eigenvalue weighted by Gasteiger charge is -1.97. The maximum atomic E-state index is 1.62. The second kappa shape index (κ2) is 0.984. The normalized spacial score (nSPS) is 57.8. The molecule has 3 rings (SSSR count). The van der Waals surface area contributed by atoms with E-state index in [1.165, 1.54) is 23.7 Å². The molecule has 3 aliphatic rings. The minimum absolute atomic E-state index is 1.20. The molecule has 3 aliphatic carbocycles. The Labute approximate surface area is 50.3 Å². The topological polar surface area (TPSA) is 0 Å². The SMILES string of the molecule is C1CC1CC1C2CC12. The van der Waals surface area contributed by atoms with E-state index >= 15 is 0 Å². The first-order valence-corrected chi connectivity index (χ1v) is 3.95. The third kappa shape index (κ3) is 0.416. The summed E-state index contributed by atoms with van der Waals surface area (Å²) >= 11 is 0. The van der Waals surface area contributed by atoms with E-state index in [1.807, 2.05) is 0 Å². The van der Waals surface area contributed by atoms with E-state index in [0.717, 1.165) is 0 Å². The van der Waals surface area contributed by atoms with Gasteiger partial charge in [-0.15, -0.1) is 0 Å². The Morgan fingerprint density at radius 2 is 1.88 bits per heavy atom. The van der Waals surface area contributed by atoms with E-state index in [4.69, 9.17) is 0 Å². The molecule has 8 heavy (non-hydrogen) atoms. The molecule has 0 amide bonds. The molecule has 3 saturated carbocycles. The van der Waals surface area contributed by atoms with E-state index in [0.29, 0.717) is 0 Å². The fourth-order valence-electron chi connectivity index (χ4n) is 2.00. The lowest BCUT2D eigenvalue weighted by atomic mass is 10.1. The molecule has 0 aromatic rings. The van der Waals surface area contributed by atoms with Crippen molar-refractivity contribution in [3.63, 3.8) is 0 Å². The van der Waals surface area contributed by atoms with E-state index < -0.39 is 0 Å². The van der Waals surface area contributed by atoms with Crippen LogP contribution in [0.5, 0.6) is 0 Å². The van der Waals surface area contributed by atoms with E-state index in [-0.39, 0.29) is 0 Å². The van der Waals surface area contributed by atoms with Gasteiger partial charge in [0.1, 0.15) is 0 Å². The third-order valence-electron chi connectivity index (χ3n) is 3.15. The highest BCUT2D eigenvalue weighted by Gasteiger charge is 2.64. The van der Waals surface area contributed by atoms with Crippen LogP contribution < -0.4 is 0 Å². The molecular weight excluding hydrogens is 96.1 g/mol. The number of fused-ring (bicyclic) bond motifs is 1. The second-order valence-corrected chi connectivity index (χ2v) is 3.91. The first-order chi connectivity index (χ1) is 3.95. The van der Waals surface area contributed by atoms with Crippen molar-refractivity contribution in [1.82, 2.24) is 0 Å². The Morgan fingerprint density at radius 1 is 1.12 bits per heavy atom. The van der Waals surface area contributed by atoms with Crippen LogP contribution in [0.15, 0.2) is 0 Å². The van der Waals surface area contributed by atoms with Crippen LogP contribution in [0.3, 0.4) is 0 Å². The highest BCUT2D eigenvalue weighted by Crippen LogP contribution is 2.71. The zero-order chi connectivity index (χ0) is 5.14. The summed E-state index contributed by atoms with van der Waals surface area (Å²) in [6.07, 6.45) is 6.36. The van der Waals surface area contributed by atoms with Gasteiger partial charge in [-0.2, -0.15) is 0 Å². The van der Waals surface area contributed by atoms with Crippen LogP contribution in [-0.4, -0.2) is 0 Å². The van der Waals surface area contributed by atoms with Gasteiger partial charge in [0.05, 0.1) is 0 Å². The molecule has 0 radical (unpaired) electrons. The number of rotatable bonds is 2. The molecule has 0 N–H and O–H groups in total. The Balaban J connectivity index is 1.56. The Morgan fingerprint density at radius 3 is 2.25 bits per heavy atom. The Hall–Kier alpha value is 0. The molecule has 0 nitrogen and oxygen atoms in total. The summed E-state index contributed by atoms with van der Waals surface area (Å²) in [5.41, 5.74) is 0. The van der Waals surface area contributed by atoms with Crippen molar-refractivity contribution in [2.45, 2.75) is 25.7 Å². The quantitative estimate of drug-likeness (QED) is 0.508. The van der Waals surface area contributed by atoms with Gasteiger partial charge in [0.2, 0.25) is 0 Å². The van der Waals surface area contributed by atoms with Crippen LogP contribution in [0.4, 0.5) is 0 Å². The minimum Gasteiger partial charge on any atom is -0.0502 e. The maximum absolute atomic E-state index is 1.62. The standard InChI is InChI=1S/C8H12/c1-2-5(1)3-6-7-4-8(6)7/h5-8H,1-4H2. The van der Waals surface area contributed by atoms with Gasteiger partial charge in [-0.3, -0.25) is 0 Å². The van der Waals surface area contributed by atoms with E-state index in [2.05, 4.69) is 0 Å². The fraction of sp³-hybridized carbons (Fsp3) is 1.00. The summed E-state index contributed by atoms with van der Waals surface area (Å²) in [4.78, 5) is 0. The van der Waals surface area contributed by atoms with Gasteiger partial charge < -0.3 is 0 Å². The van der Waals surface area contributed by atoms with Gasteiger partial charge >= 0.3 is 0 Å². The summed E-state index contributed by atoms with van der Waals surface area (Å²) in [6, 6.07) is 0. The van der Waals surface area contributed by atoms with Gasteiger partial charge in [0.25, 0.3) is 0 Å². The predicted molar refractivity (Wildman–Crippen MR) is 32.4 cm³/mol. The molecule has 2 unspecified atom stereocenters. The van der Waals surface area contributed by atoms with E-state index in [9.17, 15) is 0 Å². The monoisotopic (exact) mass is 108 g/mol. The molecule has 0 heteroatoms. The summed E-state index contributed by atoms with van der Waals surface area (Å²) in [6.45, 7) is 0. The number of hydrogen-bond acceptors (Lipinski definition) is 0. The van der Waals surface area contributed by atoms with Crippen LogP contribution in [0.1, 0.15) is 25.7 Å². The van der Waals surface area contributed by atoms with Crippen molar-refractivity contribution < 1.29 is 0 Å². The van der Waals surface area contributed by atoms with Gasteiger partial charge in [-0.1, -0.05) is 12.8 Å². The Bertz CT molecular complexity index is 116. The Kier molecular flexibility index (Phi) is 0.482. The average molecular weight is 108 g/mol. The molecule has 0 heterocycles. The molecule has 0 aliphatic heterocycles. The number of hydrogen-bond donors (Lipinski definition) is 0. The summed E-state index contributed by atoms with van der Waals surface area (Å²) < 4.78 is 0. The van der Waals surface area contributed by atoms with Gasteiger partial charge in [0, 0.05) is 0 Å². The molecule has 0 aromatic heterocycles. The molecule has 0 saturated heterocycles. The van der Waals surface area contributed by atoms with Crippen molar-refractivity contribution in [2.24, 2.45) is 23.7 Å². The molecule has 0 spiro atoms. The zero-order valence-electron chi connectivity index (χ0n) is 5.14. The molecule has 0 aromatic carbocycles. The highest BCUT2D eigenvalue weighted by molar-refractivity contribution is 5.12. The summed E-state index contributed by atoms with van der Waals surface area (Å²) in [7, 11) is 0. The maximum Gasteiger partial charge on any atom is -0.0349 e. The molecule has 2 atom stereocenters. The summed E-state index contributed by atoms with van der Waals surface area (Å²) in [5, 5.41) is 0. The van der Waals surface area contributed by atoms with Crippen LogP contribution in [0.25, 0.3) is 0 Å². The first kappa shape index (κ1) is 3.92. The highest BCUT2D eigenvalue weighted by atomic mass is 14.7. The molecule has 3 fully saturated rings. The van der Waals surface area contributed by atoms with Gasteiger partial charge in [-0.05, 0) is 36.5 Å². The van der Waals surface area contributed by atoms with Crippen LogP contribution in [0, 0.1) is 23.7 Å². The van der Waals surface area contributed by atoms with Gasteiger partial charge in [-0.25, -0.2) is 0 Å². The van der Waals surface area contributed by atoms with Gasteiger partial charge in [0.15, 0.2) is 0 Å². The van der Waals surface area contributed by atoms with Crippen molar-refractivity contribution in [2.75, 3.05) is 0 Å².